The number of aromatic amines is 1. The third-order valence-corrected chi connectivity index (χ3v) is 5.01. The van der Waals surface area contributed by atoms with Crippen LogP contribution in [0.5, 0.6) is 5.88 Å². The number of hydrogen-bond acceptors (Lipinski definition) is 6. The maximum atomic E-state index is 6.15. The van der Waals surface area contributed by atoms with Crippen molar-refractivity contribution in [2.45, 2.75) is 6.92 Å². The van der Waals surface area contributed by atoms with Gasteiger partial charge in [-0.3, -0.25) is 10.1 Å². The number of benzene rings is 1. The smallest absolute Gasteiger partial charge is 0.219 e. The lowest BCUT2D eigenvalue weighted by atomic mass is 10.0. The highest BCUT2D eigenvalue weighted by Gasteiger charge is 2.15. The number of aromatic nitrogens is 4. The molecule has 1 aliphatic rings. The number of hydrogen-bond donors (Lipinski definition) is 3. The van der Waals surface area contributed by atoms with Gasteiger partial charge in [0.15, 0.2) is 0 Å². The van der Waals surface area contributed by atoms with Crippen molar-refractivity contribution >= 4 is 22.7 Å². The number of H-pyrrole nitrogens is 1. The second-order valence-electron chi connectivity index (χ2n) is 6.98. The van der Waals surface area contributed by atoms with Gasteiger partial charge in [-0.25, -0.2) is 4.68 Å². The molecule has 2 aromatic heterocycles. The molecule has 8 heteroatoms. The normalized spacial score (nSPS) is 19.5. The number of fused-ring (bicyclic) bond motifs is 3. The standard InChI is InChI=1S/C21H25N7O/c1-13(22)15-5-7-19-16-10-14(4-6-18(16)26-27-19)17-11-25-28(3)21(17)29-9-8-24-12-20(15)23-2/h4-7,10-11,24H,8-9,12,22H2,1-3H3,(H,26,27)/b7-5+,15-13-,23-20?. The fourth-order valence-electron chi connectivity index (χ4n) is 3.46. The molecule has 0 saturated heterocycles. The number of nitrogens with two attached hydrogens (primary N) is 1. The van der Waals surface area contributed by atoms with Crippen LogP contribution in [0.1, 0.15) is 12.6 Å². The second-order valence-corrected chi connectivity index (χ2v) is 6.98. The van der Waals surface area contributed by atoms with Crippen molar-refractivity contribution in [3.8, 4) is 17.0 Å². The van der Waals surface area contributed by atoms with Gasteiger partial charge in [0.1, 0.15) is 6.61 Å². The molecule has 4 N–H and O–H groups in total. The summed E-state index contributed by atoms with van der Waals surface area (Å²) in [5, 5.41) is 16.3. The van der Waals surface area contributed by atoms with Crippen LogP contribution in [0.3, 0.4) is 0 Å². The molecule has 8 nitrogen and oxygen atoms in total. The predicted octanol–water partition coefficient (Wildman–Crippen LogP) is 2.26. The van der Waals surface area contributed by atoms with Gasteiger partial charge in [-0.05, 0) is 36.8 Å². The largest absolute Gasteiger partial charge is 0.476 e. The molecule has 4 rings (SSSR count). The maximum Gasteiger partial charge on any atom is 0.219 e. The lowest BCUT2D eigenvalue weighted by molar-refractivity contribution is 0.291. The molecular formula is C21H25N7O. The van der Waals surface area contributed by atoms with Gasteiger partial charge in [-0.15, -0.1) is 0 Å². The Kier molecular flexibility index (Phi) is 5.18. The Balaban J connectivity index is 1.86. The molecule has 2 bridgehead atoms. The molecule has 0 unspecified atom stereocenters. The summed E-state index contributed by atoms with van der Waals surface area (Å²) in [6, 6.07) is 6.14. The first-order chi connectivity index (χ1) is 14.1. The van der Waals surface area contributed by atoms with Crippen molar-refractivity contribution < 1.29 is 4.74 Å². The zero-order valence-corrected chi connectivity index (χ0v) is 16.9. The summed E-state index contributed by atoms with van der Waals surface area (Å²) < 4.78 is 7.80. The third-order valence-electron chi connectivity index (χ3n) is 5.01. The Morgan fingerprint density at radius 2 is 2.17 bits per heavy atom. The monoisotopic (exact) mass is 391 g/mol. The van der Waals surface area contributed by atoms with Gasteiger partial charge in [0.2, 0.25) is 5.88 Å². The van der Waals surface area contributed by atoms with Crippen LogP contribution < -0.4 is 15.8 Å². The van der Waals surface area contributed by atoms with Gasteiger partial charge in [0.05, 0.1) is 28.7 Å². The number of nitrogens with zero attached hydrogens (tertiary/aromatic N) is 4. The van der Waals surface area contributed by atoms with E-state index in [9.17, 15) is 0 Å². The fourth-order valence-corrected chi connectivity index (χ4v) is 3.46. The minimum Gasteiger partial charge on any atom is -0.476 e. The third kappa shape index (κ3) is 3.66. The first-order valence-electron chi connectivity index (χ1n) is 9.53. The number of allylic oxidation sites excluding steroid dienone is 2. The van der Waals surface area contributed by atoms with Crippen LogP contribution in [-0.2, 0) is 7.05 Å². The summed E-state index contributed by atoms with van der Waals surface area (Å²) in [6.07, 6.45) is 5.82. The summed E-state index contributed by atoms with van der Waals surface area (Å²) in [5.74, 6) is 0.740. The minimum absolute atomic E-state index is 0.513. The van der Waals surface area contributed by atoms with Crippen LogP contribution in [-0.4, -0.2) is 52.4 Å². The lowest BCUT2D eigenvalue weighted by Crippen LogP contribution is -2.29. The quantitative estimate of drug-likeness (QED) is 0.545. The molecule has 3 heterocycles. The molecule has 1 aliphatic heterocycles. The summed E-state index contributed by atoms with van der Waals surface area (Å²) >= 11 is 0. The molecule has 1 aromatic carbocycles. The van der Waals surface area contributed by atoms with Crippen molar-refractivity contribution in [3.63, 3.8) is 0 Å². The molecule has 29 heavy (non-hydrogen) atoms. The first-order valence-corrected chi connectivity index (χ1v) is 9.53. The number of ether oxygens (including phenoxy) is 1. The fraction of sp³-hybridized carbons (Fsp3) is 0.286. The van der Waals surface area contributed by atoms with E-state index >= 15 is 0 Å². The van der Waals surface area contributed by atoms with Crippen LogP contribution in [0.2, 0.25) is 0 Å². The molecule has 0 aliphatic carbocycles. The van der Waals surface area contributed by atoms with E-state index in [1.165, 1.54) is 0 Å². The van der Waals surface area contributed by atoms with E-state index in [0.717, 1.165) is 44.9 Å². The van der Waals surface area contributed by atoms with Gasteiger partial charge in [-0.1, -0.05) is 6.07 Å². The van der Waals surface area contributed by atoms with E-state index in [1.807, 2.05) is 44.5 Å². The highest BCUT2D eigenvalue weighted by Crippen LogP contribution is 2.32. The van der Waals surface area contributed by atoms with Crippen molar-refractivity contribution in [3.05, 3.63) is 47.4 Å². The number of aryl methyl sites for hydroxylation is 1. The van der Waals surface area contributed by atoms with Crippen molar-refractivity contribution in [1.29, 1.82) is 0 Å². The van der Waals surface area contributed by atoms with E-state index in [4.69, 9.17) is 10.5 Å². The second kappa shape index (κ2) is 7.92. The average Bonchev–Trinajstić information content (AvgIpc) is 3.28. The molecule has 0 spiro atoms. The molecule has 150 valence electrons. The highest BCUT2D eigenvalue weighted by atomic mass is 16.5. The Labute approximate surface area is 169 Å². The molecule has 0 atom stereocenters. The van der Waals surface area contributed by atoms with Crippen LogP contribution in [0.4, 0.5) is 0 Å². The first kappa shape index (κ1) is 18.9. The van der Waals surface area contributed by atoms with Crippen LogP contribution >= 0.6 is 0 Å². The van der Waals surface area contributed by atoms with Gasteiger partial charge < -0.3 is 15.8 Å². The van der Waals surface area contributed by atoms with E-state index in [1.54, 1.807) is 11.7 Å². The summed E-state index contributed by atoms with van der Waals surface area (Å²) in [5.41, 5.74) is 12.4. The van der Waals surface area contributed by atoms with Gasteiger partial charge in [0.25, 0.3) is 0 Å². The van der Waals surface area contributed by atoms with Crippen LogP contribution in [0.25, 0.3) is 28.1 Å². The Hall–Kier alpha value is -3.39. The Morgan fingerprint density at radius 3 is 2.97 bits per heavy atom. The zero-order chi connectivity index (χ0) is 20.4. The highest BCUT2D eigenvalue weighted by molar-refractivity contribution is 6.05. The SMILES string of the molecule is CN=C1CNCCOc2c(cnn2C)-c2ccc3n[nH]c(c3c2)/C=C/C1=C(\C)N. The van der Waals surface area contributed by atoms with E-state index < -0.39 is 0 Å². The van der Waals surface area contributed by atoms with Crippen molar-refractivity contribution in [2.24, 2.45) is 17.8 Å². The van der Waals surface area contributed by atoms with Crippen molar-refractivity contribution in [1.82, 2.24) is 25.3 Å². The minimum atomic E-state index is 0.513. The molecule has 0 fully saturated rings. The molecular weight excluding hydrogens is 366 g/mol. The Bertz CT molecular complexity index is 1130. The van der Waals surface area contributed by atoms with Crippen LogP contribution in [0, 0.1) is 0 Å². The topological polar surface area (TPSA) is 106 Å². The average molecular weight is 391 g/mol. The molecule has 0 radical (unpaired) electrons. The van der Waals surface area contributed by atoms with Gasteiger partial charge >= 0.3 is 0 Å². The summed E-state index contributed by atoms with van der Waals surface area (Å²) in [6.45, 7) is 3.67. The predicted molar refractivity (Wildman–Crippen MR) is 116 cm³/mol. The van der Waals surface area contributed by atoms with Gasteiger partial charge in [-0.2, -0.15) is 10.2 Å². The summed E-state index contributed by atoms with van der Waals surface area (Å²) in [7, 11) is 3.66. The van der Waals surface area contributed by atoms with Crippen molar-refractivity contribution in [2.75, 3.05) is 26.7 Å². The van der Waals surface area contributed by atoms with Crippen LogP contribution in [0.15, 0.2) is 46.7 Å². The van der Waals surface area contributed by atoms with E-state index in [0.29, 0.717) is 25.4 Å². The number of aliphatic imine (C=N–C) groups is 1. The number of nitrogens with one attached hydrogen (secondary N) is 2. The maximum absolute atomic E-state index is 6.15. The molecule has 0 amide bonds. The number of rotatable bonds is 0. The molecule has 3 aromatic rings. The summed E-state index contributed by atoms with van der Waals surface area (Å²) in [4.78, 5) is 4.43. The zero-order valence-electron chi connectivity index (χ0n) is 16.9. The van der Waals surface area contributed by atoms with Gasteiger partial charge in [0, 0.05) is 43.8 Å². The van der Waals surface area contributed by atoms with E-state index in [-0.39, 0.29) is 0 Å². The van der Waals surface area contributed by atoms with E-state index in [2.05, 4.69) is 31.7 Å². The Morgan fingerprint density at radius 1 is 1.31 bits per heavy atom. The lowest BCUT2D eigenvalue weighted by Gasteiger charge is -2.12. The molecule has 0 saturated carbocycles.